The van der Waals surface area contributed by atoms with E-state index < -0.39 is 5.97 Å². The summed E-state index contributed by atoms with van der Waals surface area (Å²) in [5.41, 5.74) is 12.1. The quantitative estimate of drug-likeness (QED) is 0.153. The highest BCUT2D eigenvalue weighted by atomic mass is 16.7. The van der Waals surface area contributed by atoms with E-state index in [1.807, 2.05) is 61.5 Å². The Bertz CT molecular complexity index is 1610. The fraction of sp³-hybridized carbons (Fsp3) is 0.229. The van der Waals surface area contributed by atoms with E-state index in [4.69, 9.17) is 14.2 Å². The fourth-order valence-corrected chi connectivity index (χ4v) is 5.73. The van der Waals surface area contributed by atoms with Gasteiger partial charge in [0.15, 0.2) is 6.79 Å². The minimum atomic E-state index is -0.876. The highest BCUT2D eigenvalue weighted by molar-refractivity contribution is 6.09. The molecule has 5 heteroatoms. The molecule has 0 radical (unpaired) electrons. The number of rotatable bonds is 9. The van der Waals surface area contributed by atoms with E-state index in [1.165, 1.54) is 16.7 Å². The van der Waals surface area contributed by atoms with Crippen LogP contribution < -0.4 is 9.47 Å². The second kappa shape index (κ2) is 11.4. The van der Waals surface area contributed by atoms with Gasteiger partial charge in [0.2, 0.25) is 0 Å². The van der Waals surface area contributed by atoms with Crippen LogP contribution in [0.2, 0.25) is 0 Å². The van der Waals surface area contributed by atoms with E-state index in [2.05, 4.69) is 39.0 Å². The van der Waals surface area contributed by atoms with Crippen molar-refractivity contribution in [1.29, 1.82) is 0 Å². The zero-order valence-corrected chi connectivity index (χ0v) is 23.6. The first-order chi connectivity index (χ1) is 19.3. The number of fused-ring (bicyclic) bond motifs is 3. The van der Waals surface area contributed by atoms with E-state index in [0.717, 1.165) is 56.0 Å². The van der Waals surface area contributed by atoms with E-state index in [-0.39, 0.29) is 6.79 Å². The van der Waals surface area contributed by atoms with E-state index in [1.54, 1.807) is 7.11 Å². The normalized spacial score (nSPS) is 13.0. The Hall–Kier alpha value is -4.35. The summed E-state index contributed by atoms with van der Waals surface area (Å²) in [5.74, 6) is 0.668. The van der Waals surface area contributed by atoms with Crippen LogP contribution in [0.3, 0.4) is 0 Å². The number of aryl methyl sites for hydroxylation is 2. The maximum Gasteiger partial charge on any atom is 0.332 e. The topological polar surface area (TPSA) is 65.0 Å². The Morgan fingerprint density at radius 3 is 2.10 bits per heavy atom. The fourth-order valence-electron chi connectivity index (χ4n) is 5.73. The van der Waals surface area contributed by atoms with Crippen molar-refractivity contribution in [2.24, 2.45) is 0 Å². The molecule has 0 amide bonds. The van der Waals surface area contributed by atoms with Gasteiger partial charge < -0.3 is 19.3 Å². The number of hydrogen-bond acceptors (Lipinski definition) is 4. The molecule has 0 saturated heterocycles. The number of aliphatic carboxylic acids is 1. The lowest BCUT2D eigenvalue weighted by Crippen LogP contribution is -2.03. The van der Waals surface area contributed by atoms with Crippen LogP contribution in [0.15, 0.2) is 78.4 Å². The molecule has 0 aromatic heterocycles. The molecule has 4 aromatic carbocycles. The summed E-state index contributed by atoms with van der Waals surface area (Å²) in [6.07, 6.45) is 0.453. The maximum absolute atomic E-state index is 12.0. The summed E-state index contributed by atoms with van der Waals surface area (Å²) in [6.45, 7) is 8.86. The molecule has 4 aromatic rings. The smallest absolute Gasteiger partial charge is 0.332 e. The molecule has 1 aliphatic rings. The van der Waals surface area contributed by atoms with Gasteiger partial charge in [-0.2, -0.15) is 0 Å². The van der Waals surface area contributed by atoms with Crippen molar-refractivity contribution < 1.29 is 24.1 Å². The first-order valence-corrected chi connectivity index (χ1v) is 13.5. The van der Waals surface area contributed by atoms with E-state index in [0.29, 0.717) is 18.6 Å². The first kappa shape index (κ1) is 27.2. The van der Waals surface area contributed by atoms with Crippen LogP contribution in [0.5, 0.6) is 11.5 Å². The molecule has 1 N–H and O–H groups in total. The molecule has 0 aliphatic heterocycles. The third-order valence-electron chi connectivity index (χ3n) is 7.62. The van der Waals surface area contributed by atoms with Gasteiger partial charge in [0.05, 0.1) is 0 Å². The molecule has 0 spiro atoms. The van der Waals surface area contributed by atoms with Crippen molar-refractivity contribution >= 4 is 11.5 Å². The Balaban J connectivity index is 1.45. The van der Waals surface area contributed by atoms with Crippen LogP contribution in [-0.2, 0) is 16.1 Å². The van der Waals surface area contributed by atoms with Crippen LogP contribution in [-0.4, -0.2) is 25.0 Å². The second-order valence-electron chi connectivity index (χ2n) is 10.1. The monoisotopic (exact) mass is 534 g/mol. The van der Waals surface area contributed by atoms with Crippen LogP contribution in [0.4, 0.5) is 0 Å². The average molecular weight is 535 g/mol. The second-order valence-corrected chi connectivity index (χ2v) is 10.1. The molecule has 0 atom stereocenters. The Labute approximate surface area is 235 Å². The Kier molecular flexibility index (Phi) is 7.76. The van der Waals surface area contributed by atoms with Gasteiger partial charge in [-0.05, 0) is 107 Å². The summed E-state index contributed by atoms with van der Waals surface area (Å²) in [4.78, 5) is 12.0. The highest BCUT2D eigenvalue weighted by Crippen LogP contribution is 2.47. The summed E-state index contributed by atoms with van der Waals surface area (Å²) >= 11 is 0. The van der Waals surface area contributed by atoms with Gasteiger partial charge in [-0.1, -0.05) is 55.5 Å². The Morgan fingerprint density at radius 2 is 1.43 bits per heavy atom. The van der Waals surface area contributed by atoms with Crippen molar-refractivity contribution in [3.8, 4) is 33.8 Å². The van der Waals surface area contributed by atoms with Crippen molar-refractivity contribution in [2.75, 3.05) is 13.9 Å². The predicted molar refractivity (Wildman–Crippen MR) is 159 cm³/mol. The average Bonchev–Trinajstić information content (AvgIpc) is 3.25. The van der Waals surface area contributed by atoms with E-state index in [9.17, 15) is 9.90 Å². The number of carbonyl (C=O) groups is 1. The molecule has 0 fully saturated rings. The van der Waals surface area contributed by atoms with Gasteiger partial charge in [-0.25, -0.2) is 4.79 Å². The number of benzene rings is 4. The summed E-state index contributed by atoms with van der Waals surface area (Å²) < 4.78 is 17.0. The van der Waals surface area contributed by atoms with Gasteiger partial charge >= 0.3 is 5.97 Å². The standard InChI is InChI=1S/C35H34O5/c1-6-27(35(36)37)34-30-12-8-7-11-29(30)32-18-25(14-15-31(32)34)39-19-24-10-9-13-28(23(24)4)33-21(2)16-26(17-22(33)3)40-20-38-5/h7-18H,6,19-20H2,1-5H3,(H,36,37). The third-order valence-corrected chi connectivity index (χ3v) is 7.62. The van der Waals surface area contributed by atoms with Crippen molar-refractivity contribution in [1.82, 2.24) is 0 Å². The van der Waals surface area contributed by atoms with Gasteiger partial charge in [0.25, 0.3) is 0 Å². The van der Waals surface area contributed by atoms with Crippen molar-refractivity contribution in [2.45, 2.75) is 40.7 Å². The molecular formula is C35H34O5. The lowest BCUT2D eigenvalue weighted by molar-refractivity contribution is -0.132. The molecule has 0 saturated carbocycles. The number of hydrogen-bond donors (Lipinski definition) is 1. The highest BCUT2D eigenvalue weighted by Gasteiger charge is 2.28. The zero-order chi connectivity index (χ0) is 28.4. The van der Waals surface area contributed by atoms with Gasteiger partial charge in [-0.3, -0.25) is 0 Å². The van der Waals surface area contributed by atoms with Crippen LogP contribution in [0.1, 0.15) is 46.7 Å². The molecule has 0 heterocycles. The lowest BCUT2D eigenvalue weighted by atomic mass is 9.90. The lowest BCUT2D eigenvalue weighted by Gasteiger charge is -2.18. The van der Waals surface area contributed by atoms with Crippen molar-refractivity contribution in [3.63, 3.8) is 0 Å². The number of methoxy groups -OCH3 is 1. The van der Waals surface area contributed by atoms with Crippen LogP contribution >= 0.6 is 0 Å². The number of ether oxygens (including phenoxy) is 3. The van der Waals surface area contributed by atoms with Crippen molar-refractivity contribution in [3.05, 3.63) is 112 Å². The third kappa shape index (κ3) is 5.01. The Morgan fingerprint density at radius 1 is 0.750 bits per heavy atom. The molecule has 5 nitrogen and oxygen atoms in total. The molecule has 5 rings (SSSR count). The largest absolute Gasteiger partial charge is 0.489 e. The van der Waals surface area contributed by atoms with Crippen LogP contribution in [0.25, 0.3) is 27.8 Å². The van der Waals surface area contributed by atoms with Gasteiger partial charge in [0.1, 0.15) is 18.1 Å². The minimum absolute atomic E-state index is 0.218. The molecular weight excluding hydrogens is 500 g/mol. The SMILES string of the molecule is CCC(C(=O)O)=C1c2ccccc2-c2cc(OCc3cccc(-c4c(C)cc(OCOC)cc4C)c3C)ccc21. The summed E-state index contributed by atoms with van der Waals surface area (Å²) in [7, 11) is 1.61. The first-order valence-electron chi connectivity index (χ1n) is 13.5. The summed E-state index contributed by atoms with van der Waals surface area (Å²) in [5, 5.41) is 9.87. The molecule has 0 bridgehead atoms. The molecule has 204 valence electrons. The summed E-state index contributed by atoms with van der Waals surface area (Å²) in [6, 6.07) is 24.4. The van der Waals surface area contributed by atoms with E-state index >= 15 is 0 Å². The zero-order valence-electron chi connectivity index (χ0n) is 23.6. The maximum atomic E-state index is 12.0. The molecule has 0 unspecified atom stereocenters. The van der Waals surface area contributed by atoms with Crippen LogP contribution in [0, 0.1) is 20.8 Å². The number of carboxylic acid groups (broad SMARTS) is 1. The number of carboxylic acids is 1. The molecule has 40 heavy (non-hydrogen) atoms. The van der Waals surface area contributed by atoms with Gasteiger partial charge in [0, 0.05) is 18.3 Å². The minimum Gasteiger partial charge on any atom is -0.489 e. The predicted octanol–water partition coefficient (Wildman–Crippen LogP) is 8.12. The molecule has 1 aliphatic carbocycles. The van der Waals surface area contributed by atoms with Gasteiger partial charge in [-0.15, -0.1) is 0 Å².